The summed E-state index contributed by atoms with van der Waals surface area (Å²) in [6.07, 6.45) is 5.71. The van der Waals surface area contributed by atoms with Crippen molar-refractivity contribution in [1.29, 1.82) is 0 Å². The summed E-state index contributed by atoms with van der Waals surface area (Å²) in [7, 11) is 0. The normalized spacial score (nSPS) is 16.9. The number of primary amides is 1. The van der Waals surface area contributed by atoms with Gasteiger partial charge >= 0.3 is 0 Å². The first-order valence-corrected chi connectivity index (χ1v) is 8.99. The number of nitrogens with zero attached hydrogens (tertiary/aromatic N) is 3. The van der Waals surface area contributed by atoms with Crippen LogP contribution in [0.3, 0.4) is 0 Å². The van der Waals surface area contributed by atoms with Crippen LogP contribution in [0.2, 0.25) is 0 Å². The van der Waals surface area contributed by atoms with Crippen LogP contribution in [-0.4, -0.2) is 45.7 Å². The van der Waals surface area contributed by atoms with E-state index in [9.17, 15) is 9.59 Å². The van der Waals surface area contributed by atoms with E-state index in [1.165, 1.54) is 6.20 Å². The Labute approximate surface area is 152 Å². The number of ether oxygens (including phenoxy) is 1. The lowest BCUT2D eigenvalue weighted by molar-refractivity contribution is -0.121. The van der Waals surface area contributed by atoms with Crippen molar-refractivity contribution in [2.24, 2.45) is 5.73 Å². The van der Waals surface area contributed by atoms with Gasteiger partial charge in [-0.2, -0.15) is 5.10 Å². The van der Waals surface area contributed by atoms with Gasteiger partial charge < -0.3 is 15.8 Å². The first-order valence-electron chi connectivity index (χ1n) is 8.99. The van der Waals surface area contributed by atoms with Crippen LogP contribution in [0.1, 0.15) is 53.0 Å². The molecule has 0 radical (unpaired) electrons. The molecule has 1 saturated heterocycles. The van der Waals surface area contributed by atoms with E-state index in [0.29, 0.717) is 30.6 Å². The first-order chi connectivity index (χ1) is 12.5. The molecule has 1 unspecified atom stereocenters. The largest absolute Gasteiger partial charge is 0.378 e. The van der Waals surface area contributed by atoms with Gasteiger partial charge in [-0.15, -0.1) is 0 Å². The molecule has 0 aromatic carbocycles. The van der Waals surface area contributed by atoms with Crippen LogP contribution < -0.4 is 11.1 Å². The zero-order valence-corrected chi connectivity index (χ0v) is 15.2. The number of nitrogens with two attached hydrogens (primary N) is 1. The van der Waals surface area contributed by atoms with Gasteiger partial charge in [0.1, 0.15) is 5.56 Å². The van der Waals surface area contributed by atoms with Crippen LogP contribution in [-0.2, 0) is 16.0 Å². The minimum absolute atomic E-state index is 0.0141. The number of aryl methyl sites for hydroxylation is 2. The number of carbonyl (C=O) groups is 2. The lowest BCUT2D eigenvalue weighted by Crippen LogP contribution is -2.27. The van der Waals surface area contributed by atoms with Crippen molar-refractivity contribution in [3.05, 3.63) is 28.7 Å². The Kier molecular flexibility index (Phi) is 5.51. The Hall–Kier alpha value is -2.48. The molecule has 3 rings (SSSR count). The predicted octanol–water partition coefficient (Wildman–Crippen LogP) is 1.06. The van der Waals surface area contributed by atoms with E-state index in [4.69, 9.17) is 10.5 Å². The van der Waals surface area contributed by atoms with Crippen molar-refractivity contribution in [2.45, 2.75) is 52.1 Å². The van der Waals surface area contributed by atoms with E-state index >= 15 is 0 Å². The molecule has 0 aliphatic carbocycles. The Morgan fingerprint density at radius 1 is 1.42 bits per heavy atom. The standard InChI is InChI=1S/C18H25N5O3/c1-11-14(5-6-16(24)20-8-7-13-4-3-9-26-13)12(2)23-18(22-11)15(10-21-23)17(19)25/h10,13H,3-9H2,1-2H3,(H2,19,25)(H,20,24). The van der Waals surface area contributed by atoms with Crippen molar-refractivity contribution >= 4 is 17.5 Å². The van der Waals surface area contributed by atoms with E-state index in [-0.39, 0.29) is 12.0 Å². The van der Waals surface area contributed by atoms with E-state index in [1.54, 1.807) is 4.52 Å². The Morgan fingerprint density at radius 3 is 2.92 bits per heavy atom. The molecule has 2 amide bonds. The fraction of sp³-hybridized carbons (Fsp3) is 0.556. The van der Waals surface area contributed by atoms with Gasteiger partial charge in [-0.3, -0.25) is 9.59 Å². The number of amides is 2. The van der Waals surface area contributed by atoms with E-state index < -0.39 is 5.91 Å². The van der Waals surface area contributed by atoms with Gasteiger partial charge in [-0.05, 0) is 45.1 Å². The number of aromatic nitrogens is 3. The smallest absolute Gasteiger partial charge is 0.254 e. The van der Waals surface area contributed by atoms with Crippen molar-refractivity contribution in [3.63, 3.8) is 0 Å². The molecule has 8 heteroatoms. The van der Waals surface area contributed by atoms with E-state index in [2.05, 4.69) is 15.4 Å². The molecule has 3 N–H and O–H groups in total. The van der Waals surface area contributed by atoms with Crippen molar-refractivity contribution in [3.8, 4) is 0 Å². The Morgan fingerprint density at radius 2 is 2.23 bits per heavy atom. The molecule has 3 heterocycles. The Balaban J connectivity index is 1.61. The number of fused-ring (bicyclic) bond motifs is 1. The quantitative estimate of drug-likeness (QED) is 0.768. The molecule has 1 fully saturated rings. The molecule has 1 aliphatic rings. The molecule has 0 saturated carbocycles. The summed E-state index contributed by atoms with van der Waals surface area (Å²) in [5.41, 5.74) is 8.73. The number of nitrogens with one attached hydrogen (secondary N) is 1. The number of hydrogen-bond donors (Lipinski definition) is 2. The van der Waals surface area contributed by atoms with Crippen LogP contribution in [0, 0.1) is 13.8 Å². The first kappa shape index (κ1) is 18.3. The van der Waals surface area contributed by atoms with Gasteiger partial charge in [0.15, 0.2) is 5.65 Å². The maximum atomic E-state index is 12.1. The van der Waals surface area contributed by atoms with Gasteiger partial charge in [0, 0.05) is 31.0 Å². The van der Waals surface area contributed by atoms with Crippen LogP contribution >= 0.6 is 0 Å². The topological polar surface area (TPSA) is 112 Å². The SMILES string of the molecule is Cc1nc2c(C(N)=O)cnn2c(C)c1CCC(=O)NCCC1CCCO1. The van der Waals surface area contributed by atoms with Crippen molar-refractivity contribution in [2.75, 3.05) is 13.2 Å². The van der Waals surface area contributed by atoms with Crippen molar-refractivity contribution in [1.82, 2.24) is 19.9 Å². The van der Waals surface area contributed by atoms with E-state index in [0.717, 1.165) is 42.8 Å². The molecule has 0 spiro atoms. The van der Waals surface area contributed by atoms with Gasteiger partial charge in [-0.1, -0.05) is 0 Å². The van der Waals surface area contributed by atoms with Gasteiger partial charge in [0.05, 0.1) is 12.3 Å². The van der Waals surface area contributed by atoms with Crippen LogP contribution in [0.25, 0.3) is 5.65 Å². The number of hydrogen-bond acceptors (Lipinski definition) is 5. The maximum Gasteiger partial charge on any atom is 0.254 e. The fourth-order valence-corrected chi connectivity index (χ4v) is 3.42. The van der Waals surface area contributed by atoms with Crippen LogP contribution in [0.4, 0.5) is 0 Å². The molecule has 1 atom stereocenters. The summed E-state index contributed by atoms with van der Waals surface area (Å²) in [5.74, 6) is -0.537. The summed E-state index contributed by atoms with van der Waals surface area (Å²) in [6.45, 7) is 5.25. The average molecular weight is 359 g/mol. The summed E-state index contributed by atoms with van der Waals surface area (Å²) < 4.78 is 7.16. The molecule has 1 aliphatic heterocycles. The average Bonchev–Trinajstić information content (AvgIpc) is 3.24. The fourth-order valence-electron chi connectivity index (χ4n) is 3.42. The molecular formula is C18H25N5O3. The van der Waals surface area contributed by atoms with Crippen LogP contribution in [0.15, 0.2) is 6.20 Å². The minimum Gasteiger partial charge on any atom is -0.378 e. The third kappa shape index (κ3) is 3.85. The highest BCUT2D eigenvalue weighted by atomic mass is 16.5. The molecule has 2 aromatic heterocycles. The van der Waals surface area contributed by atoms with E-state index in [1.807, 2.05) is 13.8 Å². The van der Waals surface area contributed by atoms with Crippen LogP contribution in [0.5, 0.6) is 0 Å². The molecule has 2 aromatic rings. The van der Waals surface area contributed by atoms with Crippen molar-refractivity contribution < 1.29 is 14.3 Å². The third-order valence-electron chi connectivity index (χ3n) is 4.89. The van der Waals surface area contributed by atoms with Gasteiger partial charge in [-0.25, -0.2) is 9.50 Å². The summed E-state index contributed by atoms with van der Waals surface area (Å²) in [4.78, 5) is 28.0. The summed E-state index contributed by atoms with van der Waals surface area (Å²) >= 11 is 0. The zero-order chi connectivity index (χ0) is 18.7. The second kappa shape index (κ2) is 7.82. The highest BCUT2D eigenvalue weighted by Gasteiger charge is 2.18. The molecular weight excluding hydrogens is 334 g/mol. The minimum atomic E-state index is -0.551. The molecule has 8 nitrogen and oxygen atoms in total. The lowest BCUT2D eigenvalue weighted by Gasteiger charge is -2.12. The lowest BCUT2D eigenvalue weighted by atomic mass is 10.1. The molecule has 0 bridgehead atoms. The second-order valence-corrected chi connectivity index (χ2v) is 6.69. The second-order valence-electron chi connectivity index (χ2n) is 6.69. The predicted molar refractivity (Wildman–Crippen MR) is 95.9 cm³/mol. The van der Waals surface area contributed by atoms with Gasteiger partial charge in [0.2, 0.25) is 5.91 Å². The molecule has 140 valence electrons. The number of rotatable bonds is 7. The number of carbonyl (C=O) groups excluding carboxylic acids is 2. The summed E-state index contributed by atoms with van der Waals surface area (Å²) in [5, 5.41) is 7.15. The highest BCUT2D eigenvalue weighted by molar-refractivity contribution is 5.98. The monoisotopic (exact) mass is 359 g/mol. The molecule has 26 heavy (non-hydrogen) atoms. The van der Waals surface area contributed by atoms with Gasteiger partial charge in [0.25, 0.3) is 5.91 Å². The highest BCUT2D eigenvalue weighted by Crippen LogP contribution is 2.18. The third-order valence-corrected chi connectivity index (χ3v) is 4.89. The zero-order valence-electron chi connectivity index (χ0n) is 15.2. The summed E-state index contributed by atoms with van der Waals surface area (Å²) in [6, 6.07) is 0. The maximum absolute atomic E-state index is 12.1. The Bertz CT molecular complexity index is 824.